The molecule has 1 unspecified atom stereocenters. The van der Waals surface area contributed by atoms with E-state index in [4.69, 9.17) is 14.8 Å². The van der Waals surface area contributed by atoms with Gasteiger partial charge in [0.05, 0.1) is 6.42 Å². The van der Waals surface area contributed by atoms with E-state index in [-0.39, 0.29) is 6.15 Å². The van der Waals surface area contributed by atoms with E-state index in [2.05, 4.69) is 6.58 Å². The van der Waals surface area contributed by atoms with Gasteiger partial charge < -0.3 is 16.4 Å². The van der Waals surface area contributed by atoms with Gasteiger partial charge in [-0.05, 0) is 6.42 Å². The molecule has 0 aliphatic rings. The Morgan fingerprint density at radius 1 is 1.31 bits per heavy atom. The lowest BCUT2D eigenvalue weighted by Gasteiger charge is -2.22. The molecule has 16 heavy (non-hydrogen) atoms. The van der Waals surface area contributed by atoms with Crippen molar-refractivity contribution in [2.45, 2.75) is 17.6 Å². The van der Waals surface area contributed by atoms with E-state index in [1.165, 1.54) is 0 Å². The molecule has 0 radical (unpaired) electrons. The number of allylic oxidation sites excluding steroid dienone is 1. The molecule has 0 aromatic rings. The number of aliphatic carboxylic acids is 2. The number of carboxylic acids is 2. The van der Waals surface area contributed by atoms with Crippen molar-refractivity contribution >= 4 is 22.1 Å². The van der Waals surface area contributed by atoms with E-state index >= 15 is 0 Å². The molecule has 0 aromatic heterocycles. The molecule has 0 aromatic carbocycles. The molecular weight excluding hydrogens is 242 g/mol. The number of hydrogen-bond donors (Lipinski definition) is 4. The first-order chi connectivity index (χ1) is 6.67. The van der Waals surface area contributed by atoms with E-state index in [1.807, 2.05) is 0 Å². The highest BCUT2D eigenvalue weighted by atomic mass is 32.2. The number of carbonyl (C=O) groups is 2. The van der Waals surface area contributed by atoms with Crippen molar-refractivity contribution in [1.82, 2.24) is 6.15 Å². The number of rotatable bonds is 6. The van der Waals surface area contributed by atoms with Gasteiger partial charge >= 0.3 is 11.9 Å². The lowest BCUT2D eigenvalue weighted by molar-refractivity contribution is -0.146. The van der Waals surface area contributed by atoms with Gasteiger partial charge in [0.1, 0.15) is 0 Å². The van der Waals surface area contributed by atoms with Crippen LogP contribution in [0.2, 0.25) is 0 Å². The fourth-order valence-corrected chi connectivity index (χ4v) is 1.87. The van der Waals surface area contributed by atoms with Crippen molar-refractivity contribution in [3.8, 4) is 0 Å². The Morgan fingerprint density at radius 2 is 1.75 bits per heavy atom. The quantitative estimate of drug-likeness (QED) is 0.377. The van der Waals surface area contributed by atoms with Gasteiger partial charge in [0.15, 0.2) is 0 Å². The lowest BCUT2D eigenvalue weighted by Crippen LogP contribution is -2.47. The third kappa shape index (κ3) is 3.29. The van der Waals surface area contributed by atoms with E-state index in [0.29, 0.717) is 0 Å². The van der Waals surface area contributed by atoms with E-state index < -0.39 is 39.6 Å². The maximum atomic E-state index is 10.9. The minimum atomic E-state index is -5.03. The largest absolute Gasteiger partial charge is 0.481 e. The van der Waals surface area contributed by atoms with Gasteiger partial charge in [0.25, 0.3) is 10.1 Å². The molecule has 8 nitrogen and oxygen atoms in total. The highest BCUT2D eigenvalue weighted by Crippen LogP contribution is 2.26. The van der Waals surface area contributed by atoms with Crippen LogP contribution < -0.4 is 6.15 Å². The Bertz CT molecular complexity index is 388. The highest BCUT2D eigenvalue weighted by molar-refractivity contribution is 7.88. The Labute approximate surface area is 91.9 Å². The van der Waals surface area contributed by atoms with Crippen LogP contribution in [0.1, 0.15) is 12.8 Å². The van der Waals surface area contributed by atoms with Gasteiger partial charge in [-0.25, -0.2) is 0 Å². The zero-order chi connectivity index (χ0) is 12.3. The van der Waals surface area contributed by atoms with Crippen LogP contribution >= 0.6 is 0 Å². The summed E-state index contributed by atoms with van der Waals surface area (Å²) in [6.07, 6.45) is -0.995. The van der Waals surface area contributed by atoms with Crippen LogP contribution in [-0.2, 0) is 19.7 Å². The molecule has 0 spiro atoms. The first kappa shape index (κ1) is 17.0. The second-order valence-corrected chi connectivity index (χ2v) is 4.57. The predicted molar refractivity (Wildman–Crippen MR) is 54.0 cm³/mol. The second-order valence-electron chi connectivity index (χ2n) is 2.84. The smallest absolute Gasteiger partial charge is 0.328 e. The maximum absolute atomic E-state index is 10.9. The summed E-state index contributed by atoms with van der Waals surface area (Å²) >= 11 is 0. The van der Waals surface area contributed by atoms with Gasteiger partial charge in [0, 0.05) is 0 Å². The molecular formula is C7H13NO7S. The average molecular weight is 255 g/mol. The van der Waals surface area contributed by atoms with Crippen molar-refractivity contribution in [3.63, 3.8) is 0 Å². The first-order valence-corrected chi connectivity index (χ1v) is 5.14. The van der Waals surface area contributed by atoms with Gasteiger partial charge in [-0.3, -0.25) is 14.1 Å². The predicted octanol–water partition coefficient (Wildman–Crippen LogP) is -0.0896. The molecule has 0 heterocycles. The molecule has 9 heteroatoms. The van der Waals surface area contributed by atoms with Crippen molar-refractivity contribution in [2.24, 2.45) is 0 Å². The molecule has 1 atom stereocenters. The van der Waals surface area contributed by atoms with Gasteiger partial charge in [-0.15, -0.1) is 6.58 Å². The Kier molecular flexibility index (Phi) is 5.92. The van der Waals surface area contributed by atoms with Crippen LogP contribution in [0.25, 0.3) is 0 Å². The molecule has 0 bridgehead atoms. The summed E-state index contributed by atoms with van der Waals surface area (Å²) in [4.78, 5) is 21.1. The van der Waals surface area contributed by atoms with Crippen LogP contribution in [0.4, 0.5) is 0 Å². The van der Waals surface area contributed by atoms with Crippen molar-refractivity contribution in [2.75, 3.05) is 0 Å². The topological polar surface area (TPSA) is 164 Å². The Hall–Kier alpha value is -1.45. The fraction of sp³-hybridized carbons (Fsp3) is 0.429. The summed E-state index contributed by atoms with van der Waals surface area (Å²) in [5, 5.41) is 17.1. The standard InChI is InChI=1S/C7H10O7S.H3N/c1-2-3-7(6(10)11,4-5(8)9)15(12,13)14;/h2H,1,3-4H2,(H,8,9)(H,10,11)(H,12,13,14);1H3. The monoisotopic (exact) mass is 255 g/mol. The molecule has 0 fully saturated rings. The van der Waals surface area contributed by atoms with E-state index in [1.54, 1.807) is 0 Å². The average Bonchev–Trinajstić information content (AvgIpc) is 1.99. The van der Waals surface area contributed by atoms with Crippen LogP contribution in [0.15, 0.2) is 12.7 Å². The minimum Gasteiger partial charge on any atom is -0.481 e. The van der Waals surface area contributed by atoms with Crippen molar-refractivity contribution in [1.29, 1.82) is 0 Å². The number of hydrogen-bond acceptors (Lipinski definition) is 5. The molecule has 0 saturated carbocycles. The third-order valence-electron chi connectivity index (χ3n) is 1.79. The SMILES string of the molecule is C=CCC(CC(=O)O)(C(=O)O)S(=O)(=O)O.N. The molecule has 94 valence electrons. The molecule has 0 amide bonds. The maximum Gasteiger partial charge on any atom is 0.328 e. The number of carboxylic acid groups (broad SMARTS) is 2. The van der Waals surface area contributed by atoms with Crippen molar-refractivity contribution in [3.05, 3.63) is 12.7 Å². The van der Waals surface area contributed by atoms with Gasteiger partial charge in [0.2, 0.25) is 4.75 Å². The summed E-state index contributed by atoms with van der Waals surface area (Å²) in [5.41, 5.74) is 0. The normalized spacial score (nSPS) is 14.3. The Morgan fingerprint density at radius 3 is 1.94 bits per heavy atom. The third-order valence-corrected chi connectivity index (χ3v) is 3.27. The second kappa shape index (κ2) is 5.58. The van der Waals surface area contributed by atoms with Gasteiger partial charge in [-0.1, -0.05) is 6.08 Å². The summed E-state index contributed by atoms with van der Waals surface area (Å²) in [5.74, 6) is -3.57. The van der Waals surface area contributed by atoms with E-state index in [9.17, 15) is 18.0 Å². The molecule has 0 aliphatic heterocycles. The lowest BCUT2D eigenvalue weighted by atomic mass is 10.0. The molecule has 0 rings (SSSR count). The fourth-order valence-electron chi connectivity index (χ4n) is 1.02. The molecule has 0 aliphatic carbocycles. The molecule has 0 saturated heterocycles. The van der Waals surface area contributed by atoms with Crippen molar-refractivity contribution < 1.29 is 32.8 Å². The minimum absolute atomic E-state index is 0. The zero-order valence-electron chi connectivity index (χ0n) is 8.29. The van der Waals surface area contributed by atoms with Gasteiger partial charge in [-0.2, -0.15) is 8.42 Å². The first-order valence-electron chi connectivity index (χ1n) is 3.70. The van der Waals surface area contributed by atoms with Crippen LogP contribution in [0.3, 0.4) is 0 Å². The zero-order valence-corrected chi connectivity index (χ0v) is 9.11. The Balaban J connectivity index is 0. The molecule has 6 N–H and O–H groups in total. The summed E-state index contributed by atoms with van der Waals surface area (Å²) < 4.78 is 27.8. The summed E-state index contributed by atoms with van der Waals surface area (Å²) in [6.45, 7) is 3.12. The summed E-state index contributed by atoms with van der Waals surface area (Å²) in [6, 6.07) is 0. The van der Waals surface area contributed by atoms with E-state index in [0.717, 1.165) is 6.08 Å². The summed E-state index contributed by atoms with van der Waals surface area (Å²) in [7, 11) is -5.03. The highest BCUT2D eigenvalue weighted by Gasteiger charge is 2.51. The van der Waals surface area contributed by atoms with Crippen LogP contribution in [0.5, 0.6) is 0 Å². The van der Waals surface area contributed by atoms with Crippen LogP contribution in [0, 0.1) is 0 Å². The van der Waals surface area contributed by atoms with Crippen LogP contribution in [-0.4, -0.2) is 39.9 Å².